The fourth-order valence-corrected chi connectivity index (χ4v) is 3.39. The van der Waals surface area contributed by atoms with E-state index in [1.54, 1.807) is 29.2 Å². The Kier molecular flexibility index (Phi) is 6.45. The predicted octanol–water partition coefficient (Wildman–Crippen LogP) is 3.58. The Hall–Kier alpha value is -2.40. The molecule has 0 atom stereocenters. The minimum atomic E-state index is -0.337. The molecule has 1 fully saturated rings. The SMILES string of the molecule is O=C(NCc1ccc(Cl)cc1)C1CCN(C(=O)Cc2cccc(F)c2)CC1. The molecule has 4 nitrogen and oxygen atoms in total. The molecule has 1 heterocycles. The topological polar surface area (TPSA) is 49.4 Å². The molecule has 142 valence electrons. The summed E-state index contributed by atoms with van der Waals surface area (Å²) in [6.45, 7) is 1.56. The molecule has 0 unspecified atom stereocenters. The second-order valence-electron chi connectivity index (χ2n) is 6.81. The van der Waals surface area contributed by atoms with Gasteiger partial charge in [0.25, 0.3) is 0 Å². The fraction of sp³-hybridized carbons (Fsp3) is 0.333. The van der Waals surface area contributed by atoms with Crippen LogP contribution in [0.5, 0.6) is 0 Å². The van der Waals surface area contributed by atoms with E-state index in [9.17, 15) is 14.0 Å². The van der Waals surface area contributed by atoms with Crippen molar-refractivity contribution in [1.29, 1.82) is 0 Å². The highest BCUT2D eigenvalue weighted by molar-refractivity contribution is 6.30. The number of benzene rings is 2. The lowest BCUT2D eigenvalue weighted by Crippen LogP contribution is -2.43. The Morgan fingerprint density at radius 1 is 1.07 bits per heavy atom. The van der Waals surface area contributed by atoms with E-state index in [0.717, 1.165) is 5.56 Å². The fourth-order valence-electron chi connectivity index (χ4n) is 3.26. The Morgan fingerprint density at radius 2 is 1.78 bits per heavy atom. The van der Waals surface area contributed by atoms with Crippen LogP contribution in [0.3, 0.4) is 0 Å². The van der Waals surface area contributed by atoms with Gasteiger partial charge in [-0.25, -0.2) is 4.39 Å². The third kappa shape index (κ3) is 5.54. The average Bonchev–Trinajstić information content (AvgIpc) is 2.67. The van der Waals surface area contributed by atoms with Crippen molar-refractivity contribution < 1.29 is 14.0 Å². The molecule has 0 bridgehead atoms. The monoisotopic (exact) mass is 388 g/mol. The number of hydrogen-bond donors (Lipinski definition) is 1. The normalized spacial score (nSPS) is 14.8. The maximum atomic E-state index is 13.2. The molecule has 2 aromatic rings. The van der Waals surface area contributed by atoms with Crippen LogP contribution in [-0.4, -0.2) is 29.8 Å². The van der Waals surface area contributed by atoms with E-state index in [2.05, 4.69) is 5.32 Å². The first-order valence-corrected chi connectivity index (χ1v) is 9.43. The molecule has 0 saturated carbocycles. The number of amides is 2. The van der Waals surface area contributed by atoms with Gasteiger partial charge in [-0.1, -0.05) is 35.9 Å². The van der Waals surface area contributed by atoms with E-state index in [1.165, 1.54) is 12.1 Å². The largest absolute Gasteiger partial charge is 0.352 e. The lowest BCUT2D eigenvalue weighted by atomic mass is 9.95. The quantitative estimate of drug-likeness (QED) is 0.851. The standard InChI is InChI=1S/C21H22ClFN2O2/c22-18-6-4-15(5-7-18)14-24-21(27)17-8-10-25(11-9-17)20(26)13-16-2-1-3-19(23)12-16/h1-7,12,17H,8-11,13-14H2,(H,24,27). The number of halogens is 2. The number of hydrogen-bond acceptors (Lipinski definition) is 2. The van der Waals surface area contributed by atoms with Crippen LogP contribution in [0, 0.1) is 11.7 Å². The summed E-state index contributed by atoms with van der Waals surface area (Å²) in [5.74, 6) is -0.435. The van der Waals surface area contributed by atoms with E-state index in [1.807, 2.05) is 12.1 Å². The van der Waals surface area contributed by atoms with Crippen LogP contribution in [0.25, 0.3) is 0 Å². The molecule has 0 aromatic heterocycles. The summed E-state index contributed by atoms with van der Waals surface area (Å²) in [5, 5.41) is 3.62. The molecular formula is C21H22ClFN2O2. The Morgan fingerprint density at radius 3 is 2.44 bits per heavy atom. The minimum Gasteiger partial charge on any atom is -0.352 e. The molecule has 3 rings (SSSR count). The average molecular weight is 389 g/mol. The van der Waals surface area contributed by atoms with Gasteiger partial charge in [0.2, 0.25) is 11.8 Å². The Labute approximate surface area is 163 Å². The van der Waals surface area contributed by atoms with Crippen molar-refractivity contribution in [1.82, 2.24) is 10.2 Å². The third-order valence-corrected chi connectivity index (χ3v) is 5.09. The molecule has 1 saturated heterocycles. The summed E-state index contributed by atoms with van der Waals surface area (Å²) in [6, 6.07) is 13.5. The van der Waals surface area contributed by atoms with Crippen molar-refractivity contribution in [3.05, 3.63) is 70.5 Å². The predicted molar refractivity (Wildman–Crippen MR) is 103 cm³/mol. The Bertz CT molecular complexity index is 802. The second-order valence-corrected chi connectivity index (χ2v) is 7.24. The summed E-state index contributed by atoms with van der Waals surface area (Å²) < 4.78 is 13.2. The highest BCUT2D eigenvalue weighted by Crippen LogP contribution is 2.19. The van der Waals surface area contributed by atoms with Gasteiger partial charge >= 0.3 is 0 Å². The van der Waals surface area contributed by atoms with Gasteiger partial charge in [0.15, 0.2) is 0 Å². The van der Waals surface area contributed by atoms with Crippen molar-refractivity contribution in [3.8, 4) is 0 Å². The highest BCUT2D eigenvalue weighted by Gasteiger charge is 2.27. The minimum absolute atomic E-state index is 0.0159. The van der Waals surface area contributed by atoms with Gasteiger partial charge in [-0.15, -0.1) is 0 Å². The third-order valence-electron chi connectivity index (χ3n) is 4.84. The van der Waals surface area contributed by atoms with Crippen molar-refractivity contribution in [3.63, 3.8) is 0 Å². The van der Waals surface area contributed by atoms with Crippen LogP contribution in [0.2, 0.25) is 5.02 Å². The first-order valence-electron chi connectivity index (χ1n) is 9.05. The molecular weight excluding hydrogens is 367 g/mol. The van der Waals surface area contributed by atoms with Crippen LogP contribution >= 0.6 is 11.6 Å². The number of nitrogens with zero attached hydrogens (tertiary/aromatic N) is 1. The smallest absolute Gasteiger partial charge is 0.226 e. The summed E-state index contributed by atoms with van der Waals surface area (Å²) >= 11 is 5.86. The summed E-state index contributed by atoms with van der Waals surface area (Å²) in [7, 11) is 0. The molecule has 0 radical (unpaired) electrons. The molecule has 1 aliphatic heterocycles. The van der Waals surface area contributed by atoms with Gasteiger partial charge in [-0.05, 0) is 48.2 Å². The molecule has 1 aliphatic rings. The van der Waals surface area contributed by atoms with Crippen LogP contribution in [0.4, 0.5) is 4.39 Å². The van der Waals surface area contributed by atoms with Gasteiger partial charge in [0.05, 0.1) is 6.42 Å². The zero-order valence-corrected chi connectivity index (χ0v) is 15.7. The van der Waals surface area contributed by atoms with Gasteiger partial charge in [0.1, 0.15) is 5.82 Å². The number of likely N-dealkylation sites (tertiary alicyclic amines) is 1. The van der Waals surface area contributed by atoms with Crippen LogP contribution in [0.1, 0.15) is 24.0 Å². The van der Waals surface area contributed by atoms with Crippen LogP contribution in [-0.2, 0) is 22.6 Å². The van der Waals surface area contributed by atoms with Gasteiger partial charge in [0, 0.05) is 30.6 Å². The van der Waals surface area contributed by atoms with Gasteiger partial charge in [-0.3, -0.25) is 9.59 Å². The first-order chi connectivity index (χ1) is 13.0. The van der Waals surface area contributed by atoms with Gasteiger partial charge in [-0.2, -0.15) is 0 Å². The zero-order chi connectivity index (χ0) is 19.2. The molecule has 0 spiro atoms. The van der Waals surface area contributed by atoms with E-state index < -0.39 is 0 Å². The molecule has 2 amide bonds. The van der Waals surface area contributed by atoms with Crippen LogP contribution in [0.15, 0.2) is 48.5 Å². The maximum Gasteiger partial charge on any atom is 0.226 e. The molecule has 0 aliphatic carbocycles. The number of piperidine rings is 1. The lowest BCUT2D eigenvalue weighted by Gasteiger charge is -2.31. The van der Waals surface area contributed by atoms with E-state index in [-0.39, 0.29) is 30.0 Å². The van der Waals surface area contributed by atoms with Crippen molar-refractivity contribution in [2.45, 2.75) is 25.8 Å². The van der Waals surface area contributed by atoms with Crippen LogP contribution < -0.4 is 5.32 Å². The van der Waals surface area contributed by atoms with Crippen molar-refractivity contribution >= 4 is 23.4 Å². The molecule has 27 heavy (non-hydrogen) atoms. The summed E-state index contributed by atoms with van der Waals surface area (Å²) in [4.78, 5) is 26.5. The van der Waals surface area contributed by atoms with Crippen molar-refractivity contribution in [2.75, 3.05) is 13.1 Å². The number of nitrogens with one attached hydrogen (secondary N) is 1. The molecule has 2 aromatic carbocycles. The highest BCUT2D eigenvalue weighted by atomic mass is 35.5. The summed E-state index contributed by atoms with van der Waals surface area (Å²) in [5.41, 5.74) is 1.67. The Balaban J connectivity index is 1.44. The maximum absolute atomic E-state index is 13.2. The number of carbonyl (C=O) groups is 2. The van der Waals surface area contributed by atoms with E-state index in [4.69, 9.17) is 11.6 Å². The number of carbonyl (C=O) groups excluding carboxylic acids is 2. The first kappa shape index (κ1) is 19.4. The van der Waals surface area contributed by atoms with Gasteiger partial charge < -0.3 is 10.2 Å². The molecule has 6 heteroatoms. The lowest BCUT2D eigenvalue weighted by molar-refractivity contribution is -0.135. The summed E-state index contributed by atoms with van der Waals surface area (Å²) in [6.07, 6.45) is 1.47. The molecule has 1 N–H and O–H groups in total. The zero-order valence-electron chi connectivity index (χ0n) is 15.0. The number of rotatable bonds is 5. The van der Waals surface area contributed by atoms with E-state index >= 15 is 0 Å². The van der Waals surface area contributed by atoms with E-state index in [0.29, 0.717) is 43.1 Å². The van der Waals surface area contributed by atoms with Crippen molar-refractivity contribution in [2.24, 2.45) is 5.92 Å². The second kappa shape index (κ2) is 9.00.